The Labute approximate surface area is 109 Å². The molecule has 2 atom stereocenters. The van der Waals surface area contributed by atoms with Gasteiger partial charge in [-0.25, -0.2) is 0 Å². The molecule has 0 spiro atoms. The molecule has 0 saturated carbocycles. The third-order valence-electron chi connectivity index (χ3n) is 3.23. The summed E-state index contributed by atoms with van der Waals surface area (Å²) in [5.41, 5.74) is 7.82. The Morgan fingerprint density at radius 1 is 1.39 bits per heavy atom. The number of esters is 1. The number of hydrogen-bond acceptors (Lipinski definition) is 3. The van der Waals surface area contributed by atoms with Crippen molar-refractivity contribution in [1.82, 2.24) is 0 Å². The van der Waals surface area contributed by atoms with Crippen LogP contribution in [0.1, 0.15) is 39.2 Å². The Morgan fingerprint density at radius 2 is 2.11 bits per heavy atom. The van der Waals surface area contributed by atoms with Gasteiger partial charge < -0.3 is 10.5 Å². The first-order valence-corrected chi connectivity index (χ1v) is 6.50. The monoisotopic (exact) mass is 249 g/mol. The number of aryl methyl sites for hydroxylation is 1. The molecule has 0 aliphatic rings. The van der Waals surface area contributed by atoms with Crippen LogP contribution in [0.2, 0.25) is 0 Å². The van der Waals surface area contributed by atoms with Crippen LogP contribution in [-0.4, -0.2) is 12.1 Å². The second-order valence-corrected chi connectivity index (χ2v) is 4.93. The number of carbonyl (C=O) groups excluding carboxylic acids is 1. The van der Waals surface area contributed by atoms with Crippen molar-refractivity contribution in [2.45, 2.75) is 46.1 Å². The van der Waals surface area contributed by atoms with Crippen LogP contribution in [0.3, 0.4) is 0 Å². The topological polar surface area (TPSA) is 52.3 Å². The number of nitrogens with two attached hydrogens (primary N) is 1. The summed E-state index contributed by atoms with van der Waals surface area (Å²) in [5.74, 6) is 0.181. The first-order chi connectivity index (χ1) is 8.49. The number of ether oxygens (including phenoxy) is 1. The summed E-state index contributed by atoms with van der Waals surface area (Å²) in [6, 6.07) is 7.99. The lowest BCUT2D eigenvalue weighted by Crippen LogP contribution is -2.20. The summed E-state index contributed by atoms with van der Waals surface area (Å²) in [5, 5.41) is 0. The van der Waals surface area contributed by atoms with Gasteiger partial charge in [-0.3, -0.25) is 4.79 Å². The van der Waals surface area contributed by atoms with Crippen molar-refractivity contribution in [3.05, 3.63) is 29.8 Å². The predicted octanol–water partition coefficient (Wildman–Crippen LogP) is 3.18. The van der Waals surface area contributed by atoms with Gasteiger partial charge in [0.25, 0.3) is 0 Å². The first kappa shape index (κ1) is 14.6. The lowest BCUT2D eigenvalue weighted by Gasteiger charge is -2.19. The highest BCUT2D eigenvalue weighted by Crippen LogP contribution is 2.17. The van der Waals surface area contributed by atoms with Crippen LogP contribution in [0, 0.1) is 5.92 Å². The van der Waals surface area contributed by atoms with Gasteiger partial charge in [-0.05, 0) is 49.8 Å². The predicted molar refractivity (Wildman–Crippen MR) is 74.2 cm³/mol. The summed E-state index contributed by atoms with van der Waals surface area (Å²) >= 11 is 0. The fraction of sp³-hybridized carbons (Fsp3) is 0.533. The molecule has 3 nitrogen and oxygen atoms in total. The van der Waals surface area contributed by atoms with E-state index in [9.17, 15) is 4.79 Å². The maximum atomic E-state index is 10.9. The van der Waals surface area contributed by atoms with Gasteiger partial charge in [0, 0.05) is 12.6 Å². The van der Waals surface area contributed by atoms with E-state index in [1.807, 2.05) is 25.1 Å². The Bertz CT molecular complexity index is 390. The van der Waals surface area contributed by atoms with Crippen molar-refractivity contribution < 1.29 is 9.53 Å². The van der Waals surface area contributed by atoms with Crippen LogP contribution in [-0.2, 0) is 16.0 Å². The Hall–Kier alpha value is -1.51. The zero-order chi connectivity index (χ0) is 13.5. The minimum absolute atomic E-state index is 0.0108. The van der Waals surface area contributed by atoms with Crippen molar-refractivity contribution in [2.24, 2.45) is 5.92 Å². The number of hydrogen-bond donors (Lipinski definition) is 1. The molecule has 1 aromatic rings. The number of anilines is 1. The molecule has 1 rings (SSSR count). The number of benzene rings is 1. The van der Waals surface area contributed by atoms with Crippen molar-refractivity contribution in [3.63, 3.8) is 0 Å². The van der Waals surface area contributed by atoms with E-state index in [4.69, 9.17) is 10.5 Å². The van der Waals surface area contributed by atoms with Crippen molar-refractivity contribution in [3.8, 4) is 0 Å². The molecule has 0 heterocycles. The first-order valence-electron chi connectivity index (χ1n) is 6.50. The molecule has 0 radical (unpaired) electrons. The summed E-state index contributed by atoms with van der Waals surface area (Å²) in [6.07, 6.45) is 3.13. The number of carbonyl (C=O) groups is 1. The van der Waals surface area contributed by atoms with Gasteiger partial charge in [0.05, 0.1) is 0 Å². The zero-order valence-electron chi connectivity index (χ0n) is 11.5. The molecule has 1 aromatic carbocycles. The van der Waals surface area contributed by atoms with Crippen LogP contribution in [0.15, 0.2) is 24.3 Å². The highest BCUT2D eigenvalue weighted by atomic mass is 16.5. The second kappa shape index (κ2) is 7.04. The van der Waals surface area contributed by atoms with E-state index in [1.54, 1.807) is 0 Å². The fourth-order valence-corrected chi connectivity index (χ4v) is 1.99. The number of nitrogen functional groups attached to an aromatic ring is 1. The molecule has 0 aliphatic carbocycles. The van der Waals surface area contributed by atoms with E-state index in [0.29, 0.717) is 5.92 Å². The quantitative estimate of drug-likeness (QED) is 0.622. The van der Waals surface area contributed by atoms with E-state index in [0.717, 1.165) is 24.9 Å². The zero-order valence-corrected chi connectivity index (χ0v) is 11.5. The van der Waals surface area contributed by atoms with E-state index in [-0.39, 0.29) is 12.1 Å². The molecule has 0 bridgehead atoms. The average molecular weight is 249 g/mol. The maximum absolute atomic E-state index is 10.9. The van der Waals surface area contributed by atoms with Crippen molar-refractivity contribution in [2.75, 3.05) is 5.73 Å². The lowest BCUT2D eigenvalue weighted by atomic mass is 9.97. The molecule has 2 N–H and O–H groups in total. The Morgan fingerprint density at radius 3 is 2.72 bits per heavy atom. The van der Waals surface area contributed by atoms with Crippen molar-refractivity contribution in [1.29, 1.82) is 0 Å². The molecule has 0 aromatic heterocycles. The summed E-state index contributed by atoms with van der Waals surface area (Å²) in [4.78, 5) is 10.9. The standard InChI is InChI=1S/C15H23NO2/c1-11(12(2)18-13(3)17)6-4-7-14-8-5-9-15(16)10-14/h5,8-12H,4,6-7,16H2,1-3H3. The minimum Gasteiger partial charge on any atom is -0.463 e. The Balaban J connectivity index is 2.31. The number of rotatable bonds is 6. The van der Waals surface area contributed by atoms with Gasteiger partial charge in [0.1, 0.15) is 6.10 Å². The fourth-order valence-electron chi connectivity index (χ4n) is 1.99. The molecule has 0 saturated heterocycles. The maximum Gasteiger partial charge on any atom is 0.302 e. The molecular weight excluding hydrogens is 226 g/mol. The van der Waals surface area contributed by atoms with Gasteiger partial charge >= 0.3 is 5.97 Å². The molecule has 18 heavy (non-hydrogen) atoms. The smallest absolute Gasteiger partial charge is 0.302 e. The molecule has 3 heteroatoms. The second-order valence-electron chi connectivity index (χ2n) is 4.93. The van der Waals surface area contributed by atoms with Crippen LogP contribution >= 0.6 is 0 Å². The van der Waals surface area contributed by atoms with Crippen molar-refractivity contribution >= 4 is 11.7 Å². The summed E-state index contributed by atoms with van der Waals surface area (Å²) in [6.45, 7) is 5.52. The van der Waals surface area contributed by atoms with Gasteiger partial charge in [-0.2, -0.15) is 0 Å². The minimum atomic E-state index is -0.204. The molecule has 100 valence electrons. The van der Waals surface area contributed by atoms with Crippen LogP contribution in [0.25, 0.3) is 0 Å². The van der Waals surface area contributed by atoms with Gasteiger partial charge in [0.15, 0.2) is 0 Å². The van der Waals surface area contributed by atoms with Gasteiger partial charge in [-0.1, -0.05) is 19.1 Å². The van der Waals surface area contributed by atoms with E-state index >= 15 is 0 Å². The van der Waals surface area contributed by atoms with Crippen LogP contribution in [0.5, 0.6) is 0 Å². The molecule has 0 fully saturated rings. The third kappa shape index (κ3) is 5.21. The largest absolute Gasteiger partial charge is 0.463 e. The molecule has 0 amide bonds. The third-order valence-corrected chi connectivity index (χ3v) is 3.23. The van der Waals surface area contributed by atoms with E-state index < -0.39 is 0 Å². The highest BCUT2D eigenvalue weighted by Gasteiger charge is 2.14. The lowest BCUT2D eigenvalue weighted by molar-refractivity contribution is -0.147. The Kier molecular flexibility index (Phi) is 5.69. The van der Waals surface area contributed by atoms with Gasteiger partial charge in [-0.15, -0.1) is 0 Å². The average Bonchev–Trinajstić information content (AvgIpc) is 2.28. The normalized spacial score (nSPS) is 13.9. The SMILES string of the molecule is CC(=O)OC(C)C(C)CCCc1cccc(N)c1. The molecular formula is C15H23NO2. The van der Waals surface area contributed by atoms with E-state index in [2.05, 4.69) is 13.0 Å². The summed E-state index contributed by atoms with van der Waals surface area (Å²) < 4.78 is 5.17. The van der Waals surface area contributed by atoms with Crippen LogP contribution < -0.4 is 5.73 Å². The van der Waals surface area contributed by atoms with E-state index in [1.165, 1.54) is 12.5 Å². The summed E-state index contributed by atoms with van der Waals surface area (Å²) in [7, 11) is 0. The van der Waals surface area contributed by atoms with Crippen LogP contribution in [0.4, 0.5) is 5.69 Å². The van der Waals surface area contributed by atoms with Gasteiger partial charge in [0.2, 0.25) is 0 Å². The highest BCUT2D eigenvalue weighted by molar-refractivity contribution is 5.66. The molecule has 0 aliphatic heterocycles. The molecule has 2 unspecified atom stereocenters.